The lowest BCUT2D eigenvalue weighted by Crippen LogP contribution is -2.13. The largest absolute Gasteiger partial charge is 0.497 e. The number of rotatable bonds is 5. The number of alkyl halides is 1. The minimum atomic E-state index is 0.371. The zero-order valence-electron chi connectivity index (χ0n) is 12.9. The molecule has 1 heterocycles. The first kappa shape index (κ1) is 15.6. The highest BCUT2D eigenvalue weighted by Gasteiger charge is 2.11. The molecule has 0 radical (unpaired) electrons. The molecule has 3 nitrogen and oxygen atoms in total. The molecule has 0 aliphatic carbocycles. The van der Waals surface area contributed by atoms with Crippen LogP contribution in [-0.4, -0.2) is 19.1 Å². The Bertz CT molecular complexity index is 596. The lowest BCUT2D eigenvalue weighted by Gasteiger charge is -2.21. The van der Waals surface area contributed by atoms with E-state index in [1.807, 2.05) is 37.4 Å². The van der Waals surface area contributed by atoms with Crippen LogP contribution < -0.4 is 9.64 Å². The second-order valence-corrected chi connectivity index (χ2v) is 5.57. The molecule has 0 saturated heterocycles. The van der Waals surface area contributed by atoms with Gasteiger partial charge in [-0.25, -0.2) is 4.98 Å². The molecular formula is C17H21ClN2O. The van der Waals surface area contributed by atoms with Crippen molar-refractivity contribution in [3.63, 3.8) is 0 Å². The highest BCUT2D eigenvalue weighted by atomic mass is 35.5. The zero-order valence-corrected chi connectivity index (χ0v) is 13.7. The number of methoxy groups -OCH3 is 1. The summed E-state index contributed by atoms with van der Waals surface area (Å²) in [4.78, 5) is 6.79. The molecule has 2 rings (SSSR count). The molecule has 0 N–H and O–H groups in total. The van der Waals surface area contributed by atoms with Crippen molar-refractivity contribution in [2.24, 2.45) is 0 Å². The van der Waals surface area contributed by atoms with Gasteiger partial charge in [-0.05, 0) is 47.9 Å². The van der Waals surface area contributed by atoms with Crippen LogP contribution in [0.3, 0.4) is 0 Å². The number of nitrogens with zero attached hydrogens (tertiary/aromatic N) is 2. The van der Waals surface area contributed by atoms with Crippen molar-refractivity contribution in [2.45, 2.75) is 25.6 Å². The van der Waals surface area contributed by atoms with Gasteiger partial charge < -0.3 is 9.64 Å². The number of anilines is 2. The van der Waals surface area contributed by atoms with Crippen molar-refractivity contribution < 1.29 is 4.74 Å². The normalized spacial score (nSPS) is 10.8. The Kier molecular flexibility index (Phi) is 5.07. The Morgan fingerprint density at radius 1 is 1.19 bits per heavy atom. The van der Waals surface area contributed by atoms with Crippen LogP contribution in [-0.2, 0) is 5.88 Å². The molecule has 112 valence electrons. The number of pyridine rings is 1. The molecule has 0 aliphatic rings. The number of hydrogen-bond donors (Lipinski definition) is 0. The summed E-state index contributed by atoms with van der Waals surface area (Å²) in [6.45, 7) is 4.27. The standard InChI is InChI=1S/C17H21ClN2O/c1-12(2)16-9-13(11-18)10-17(19-16)20(3)14-5-7-15(21-4)8-6-14/h5-10,12H,11H2,1-4H3. The summed E-state index contributed by atoms with van der Waals surface area (Å²) in [5, 5.41) is 0. The van der Waals surface area contributed by atoms with Crippen molar-refractivity contribution in [3.05, 3.63) is 47.7 Å². The maximum absolute atomic E-state index is 6.00. The van der Waals surface area contributed by atoms with E-state index < -0.39 is 0 Å². The van der Waals surface area contributed by atoms with Crippen LogP contribution in [0.4, 0.5) is 11.5 Å². The van der Waals surface area contributed by atoms with E-state index in [4.69, 9.17) is 21.3 Å². The average Bonchev–Trinajstić information content (AvgIpc) is 2.53. The third kappa shape index (κ3) is 3.67. The van der Waals surface area contributed by atoms with Gasteiger partial charge in [-0.15, -0.1) is 11.6 Å². The lowest BCUT2D eigenvalue weighted by atomic mass is 10.1. The Morgan fingerprint density at radius 2 is 1.86 bits per heavy atom. The Morgan fingerprint density at radius 3 is 2.38 bits per heavy atom. The van der Waals surface area contributed by atoms with E-state index in [1.54, 1.807) is 7.11 Å². The van der Waals surface area contributed by atoms with Gasteiger partial charge in [-0.2, -0.15) is 0 Å². The maximum Gasteiger partial charge on any atom is 0.133 e. The molecule has 0 saturated carbocycles. The molecule has 0 amide bonds. The van der Waals surface area contributed by atoms with E-state index in [9.17, 15) is 0 Å². The third-order valence-corrected chi connectivity index (χ3v) is 3.75. The Hall–Kier alpha value is -1.74. The van der Waals surface area contributed by atoms with Crippen molar-refractivity contribution in [3.8, 4) is 5.75 Å². The molecule has 0 unspecified atom stereocenters. The van der Waals surface area contributed by atoms with Gasteiger partial charge in [0.15, 0.2) is 0 Å². The number of benzene rings is 1. The molecule has 0 fully saturated rings. The van der Waals surface area contributed by atoms with E-state index >= 15 is 0 Å². The summed E-state index contributed by atoms with van der Waals surface area (Å²) in [6.07, 6.45) is 0. The fraction of sp³-hybridized carbons (Fsp3) is 0.353. The SMILES string of the molecule is COc1ccc(N(C)c2cc(CCl)cc(C(C)C)n2)cc1. The molecule has 1 aromatic carbocycles. The van der Waals surface area contributed by atoms with Gasteiger partial charge in [0.2, 0.25) is 0 Å². The fourth-order valence-electron chi connectivity index (χ4n) is 2.08. The molecular weight excluding hydrogens is 284 g/mol. The summed E-state index contributed by atoms with van der Waals surface area (Å²) < 4.78 is 5.19. The van der Waals surface area contributed by atoms with Crippen molar-refractivity contribution in [1.29, 1.82) is 0 Å². The van der Waals surface area contributed by atoms with Gasteiger partial charge in [0.1, 0.15) is 11.6 Å². The number of ether oxygens (including phenoxy) is 1. The molecule has 0 bridgehead atoms. The van der Waals surface area contributed by atoms with Crippen molar-refractivity contribution >= 4 is 23.1 Å². The highest BCUT2D eigenvalue weighted by Crippen LogP contribution is 2.27. The molecule has 0 aliphatic heterocycles. The lowest BCUT2D eigenvalue weighted by molar-refractivity contribution is 0.415. The van der Waals surface area contributed by atoms with Gasteiger partial charge >= 0.3 is 0 Å². The van der Waals surface area contributed by atoms with E-state index in [-0.39, 0.29) is 0 Å². The van der Waals surface area contributed by atoms with Gasteiger partial charge in [-0.3, -0.25) is 0 Å². The second-order valence-electron chi connectivity index (χ2n) is 5.30. The molecule has 0 spiro atoms. The topological polar surface area (TPSA) is 25.4 Å². The summed E-state index contributed by atoms with van der Waals surface area (Å²) in [6, 6.07) is 12.0. The summed E-state index contributed by atoms with van der Waals surface area (Å²) in [7, 11) is 3.67. The maximum atomic E-state index is 6.00. The van der Waals surface area contributed by atoms with Crippen LogP contribution in [0.25, 0.3) is 0 Å². The van der Waals surface area contributed by atoms with E-state index in [2.05, 4.69) is 24.8 Å². The molecule has 0 atom stereocenters. The van der Waals surface area contributed by atoms with Crippen LogP contribution in [0.5, 0.6) is 5.75 Å². The highest BCUT2D eigenvalue weighted by molar-refractivity contribution is 6.17. The van der Waals surface area contributed by atoms with Crippen LogP contribution in [0.1, 0.15) is 31.0 Å². The Labute approximate surface area is 131 Å². The van der Waals surface area contributed by atoms with Gasteiger partial charge in [0.25, 0.3) is 0 Å². The van der Waals surface area contributed by atoms with E-state index in [0.717, 1.165) is 28.5 Å². The zero-order chi connectivity index (χ0) is 15.4. The summed E-state index contributed by atoms with van der Waals surface area (Å²) in [5.41, 5.74) is 3.21. The molecule has 4 heteroatoms. The predicted molar refractivity (Wildman–Crippen MR) is 88.9 cm³/mol. The van der Waals surface area contributed by atoms with Gasteiger partial charge in [0.05, 0.1) is 7.11 Å². The Balaban J connectivity index is 2.36. The van der Waals surface area contributed by atoms with Crippen molar-refractivity contribution in [2.75, 3.05) is 19.1 Å². The minimum Gasteiger partial charge on any atom is -0.497 e. The predicted octanol–water partition coefficient (Wildman–Crippen LogP) is 4.72. The van der Waals surface area contributed by atoms with E-state index in [0.29, 0.717) is 11.8 Å². The first-order valence-corrected chi connectivity index (χ1v) is 7.53. The quantitative estimate of drug-likeness (QED) is 0.747. The van der Waals surface area contributed by atoms with Crippen LogP contribution in [0, 0.1) is 0 Å². The number of halogens is 1. The average molecular weight is 305 g/mol. The van der Waals surface area contributed by atoms with E-state index in [1.165, 1.54) is 0 Å². The molecule has 21 heavy (non-hydrogen) atoms. The van der Waals surface area contributed by atoms with Crippen LogP contribution in [0.2, 0.25) is 0 Å². The summed E-state index contributed by atoms with van der Waals surface area (Å²) in [5.74, 6) is 2.61. The molecule has 2 aromatic rings. The second kappa shape index (κ2) is 6.81. The molecule has 1 aromatic heterocycles. The van der Waals surface area contributed by atoms with Gasteiger partial charge in [-0.1, -0.05) is 13.8 Å². The first-order valence-electron chi connectivity index (χ1n) is 6.99. The van der Waals surface area contributed by atoms with Gasteiger partial charge in [0, 0.05) is 24.3 Å². The monoisotopic (exact) mass is 304 g/mol. The van der Waals surface area contributed by atoms with Crippen LogP contribution in [0.15, 0.2) is 36.4 Å². The first-order chi connectivity index (χ1) is 10.0. The van der Waals surface area contributed by atoms with Crippen molar-refractivity contribution in [1.82, 2.24) is 4.98 Å². The minimum absolute atomic E-state index is 0.371. The third-order valence-electron chi connectivity index (χ3n) is 3.44. The fourth-order valence-corrected chi connectivity index (χ4v) is 2.23. The number of aromatic nitrogens is 1. The van der Waals surface area contributed by atoms with Crippen LogP contribution >= 0.6 is 11.6 Å². The summed E-state index contributed by atoms with van der Waals surface area (Å²) >= 11 is 6.00. The number of hydrogen-bond acceptors (Lipinski definition) is 3. The smallest absolute Gasteiger partial charge is 0.133 e.